The van der Waals surface area contributed by atoms with Crippen molar-refractivity contribution in [1.82, 2.24) is 5.32 Å². The highest BCUT2D eigenvalue weighted by Gasteiger charge is 2.19. The lowest BCUT2D eigenvalue weighted by Gasteiger charge is -2.25. The molecular weight excluding hydrogens is 386 g/mol. The van der Waals surface area contributed by atoms with Crippen molar-refractivity contribution >= 4 is 15.7 Å². The third-order valence-corrected chi connectivity index (χ3v) is 5.14. The quantitative estimate of drug-likeness (QED) is 0.731. The van der Waals surface area contributed by atoms with E-state index in [1.807, 2.05) is 25.1 Å². The zero-order chi connectivity index (χ0) is 21.3. The largest absolute Gasteiger partial charge is 0.392 e. The van der Waals surface area contributed by atoms with Crippen LogP contribution in [0.5, 0.6) is 0 Å². The van der Waals surface area contributed by atoms with Crippen molar-refractivity contribution in [2.75, 3.05) is 30.7 Å². The molecule has 8 heteroatoms. The highest BCUT2D eigenvalue weighted by atomic mass is 32.2. The molecule has 2 N–H and O–H groups in total. The van der Waals surface area contributed by atoms with Gasteiger partial charge in [-0.25, -0.2) is 17.2 Å². The van der Waals surface area contributed by atoms with Crippen molar-refractivity contribution in [3.8, 4) is 0 Å². The Bertz CT molecular complexity index is 860. The topological polar surface area (TPSA) is 69.6 Å². The Labute approximate surface area is 166 Å². The van der Waals surface area contributed by atoms with Gasteiger partial charge in [-0.2, -0.15) is 0 Å². The molecule has 0 radical (unpaired) electrons. The van der Waals surface area contributed by atoms with Gasteiger partial charge in [-0.3, -0.25) is 4.31 Å². The van der Waals surface area contributed by atoms with Gasteiger partial charge in [0, 0.05) is 13.1 Å². The normalized spacial score (nSPS) is 12.1. The molecule has 0 aliphatic rings. The summed E-state index contributed by atoms with van der Waals surface area (Å²) in [5.41, 5.74) is 2.30. The fourth-order valence-electron chi connectivity index (χ4n) is 2.51. The molecule has 2 rings (SSSR count). The number of aliphatic hydroxyl groups is 1. The van der Waals surface area contributed by atoms with Crippen molar-refractivity contribution < 1.29 is 22.3 Å². The molecule has 0 aliphatic carbocycles. The second-order valence-corrected chi connectivity index (χ2v) is 8.45. The maximum absolute atomic E-state index is 12.2. The van der Waals surface area contributed by atoms with Gasteiger partial charge in [-0.1, -0.05) is 24.3 Å². The summed E-state index contributed by atoms with van der Waals surface area (Å²) in [6, 6.07) is 11.1. The molecule has 5 nitrogen and oxygen atoms in total. The fraction of sp³-hybridized carbons (Fsp3) is 0.400. The minimum atomic E-state index is -3.35. The standard InChI is InChI=1S/C13H22N2O3S.C7H6F2/c1-11-6-4-5-7-13(11)15(19(3,17)18)9-8-12(16)10-14-2;1-5-2-3-6(8)7(9)4-5/h4-7,12,14,16H,8-10H2,1-3H3;2-4H,1H3. The molecule has 1 unspecified atom stereocenters. The van der Waals surface area contributed by atoms with Gasteiger partial charge in [0.1, 0.15) is 0 Å². The summed E-state index contributed by atoms with van der Waals surface area (Å²) in [5.74, 6) is -1.57. The average Bonchev–Trinajstić information content (AvgIpc) is 2.60. The molecule has 0 saturated heterocycles. The molecule has 1 atom stereocenters. The first-order chi connectivity index (χ1) is 13.1. The van der Waals surface area contributed by atoms with Gasteiger partial charge < -0.3 is 10.4 Å². The van der Waals surface area contributed by atoms with E-state index in [-0.39, 0.29) is 6.54 Å². The van der Waals surface area contributed by atoms with Gasteiger partial charge in [-0.05, 0) is 56.6 Å². The van der Waals surface area contributed by atoms with E-state index in [1.54, 1.807) is 20.0 Å². The third-order valence-electron chi connectivity index (χ3n) is 3.96. The van der Waals surface area contributed by atoms with Crippen LogP contribution in [-0.4, -0.2) is 46.0 Å². The molecule has 0 heterocycles. The SMILES string of the molecule is CNCC(O)CCN(c1ccccc1C)S(C)(=O)=O.Cc1ccc(F)c(F)c1. The Morgan fingerprint density at radius 1 is 1.11 bits per heavy atom. The average molecular weight is 415 g/mol. The molecule has 2 aromatic carbocycles. The van der Waals surface area contributed by atoms with E-state index in [2.05, 4.69) is 5.32 Å². The predicted molar refractivity (Wildman–Crippen MR) is 109 cm³/mol. The summed E-state index contributed by atoms with van der Waals surface area (Å²) in [7, 11) is -1.60. The van der Waals surface area contributed by atoms with Crippen LogP contribution in [0.3, 0.4) is 0 Å². The zero-order valence-corrected chi connectivity index (χ0v) is 17.4. The van der Waals surface area contributed by atoms with E-state index in [0.29, 0.717) is 18.7 Å². The van der Waals surface area contributed by atoms with Gasteiger partial charge in [0.15, 0.2) is 11.6 Å². The van der Waals surface area contributed by atoms with Gasteiger partial charge in [0.25, 0.3) is 0 Å². The Morgan fingerprint density at radius 2 is 1.75 bits per heavy atom. The lowest BCUT2D eigenvalue weighted by molar-refractivity contribution is 0.167. The molecule has 156 valence electrons. The smallest absolute Gasteiger partial charge is 0.232 e. The zero-order valence-electron chi connectivity index (χ0n) is 16.6. The Morgan fingerprint density at radius 3 is 2.25 bits per heavy atom. The van der Waals surface area contributed by atoms with Crippen LogP contribution in [0.4, 0.5) is 14.5 Å². The number of anilines is 1. The molecular formula is C20H28F2N2O3S. The van der Waals surface area contributed by atoms with Crippen molar-refractivity contribution in [1.29, 1.82) is 0 Å². The number of aryl methyl sites for hydroxylation is 2. The number of likely N-dealkylation sites (N-methyl/N-ethyl adjacent to an activating group) is 1. The number of nitrogens with zero attached hydrogens (tertiary/aromatic N) is 1. The maximum Gasteiger partial charge on any atom is 0.232 e. The van der Waals surface area contributed by atoms with Gasteiger partial charge in [-0.15, -0.1) is 0 Å². The minimum absolute atomic E-state index is 0.270. The second kappa shape index (κ2) is 11.1. The monoisotopic (exact) mass is 414 g/mol. The molecule has 0 fully saturated rings. The number of hydrogen-bond acceptors (Lipinski definition) is 4. The first-order valence-corrected chi connectivity index (χ1v) is 10.7. The van der Waals surface area contributed by atoms with Crippen LogP contribution >= 0.6 is 0 Å². The van der Waals surface area contributed by atoms with Crippen LogP contribution in [0, 0.1) is 25.5 Å². The van der Waals surface area contributed by atoms with Gasteiger partial charge in [0.2, 0.25) is 10.0 Å². The van der Waals surface area contributed by atoms with E-state index >= 15 is 0 Å². The van der Waals surface area contributed by atoms with E-state index < -0.39 is 27.8 Å². The summed E-state index contributed by atoms with van der Waals surface area (Å²) >= 11 is 0. The van der Waals surface area contributed by atoms with Gasteiger partial charge in [0.05, 0.1) is 18.0 Å². The van der Waals surface area contributed by atoms with Gasteiger partial charge >= 0.3 is 0 Å². The third kappa shape index (κ3) is 7.92. The number of aliphatic hydroxyl groups excluding tert-OH is 1. The summed E-state index contributed by atoms with van der Waals surface area (Å²) in [4.78, 5) is 0. The molecule has 0 amide bonds. The van der Waals surface area contributed by atoms with Crippen LogP contribution in [-0.2, 0) is 10.0 Å². The van der Waals surface area contributed by atoms with E-state index in [0.717, 1.165) is 23.3 Å². The van der Waals surface area contributed by atoms with E-state index in [1.165, 1.54) is 16.6 Å². The number of para-hydroxylation sites is 1. The Kier molecular flexibility index (Phi) is 9.51. The number of hydrogen-bond donors (Lipinski definition) is 2. The van der Waals surface area contributed by atoms with Crippen molar-refractivity contribution in [3.05, 3.63) is 65.2 Å². The van der Waals surface area contributed by atoms with Crippen molar-refractivity contribution in [2.24, 2.45) is 0 Å². The first-order valence-electron chi connectivity index (χ1n) is 8.84. The molecule has 28 heavy (non-hydrogen) atoms. The Hall–Kier alpha value is -2.03. The Balaban J connectivity index is 0.000000362. The molecule has 0 aromatic heterocycles. The maximum atomic E-state index is 12.2. The molecule has 0 bridgehead atoms. The van der Waals surface area contributed by atoms with Crippen LogP contribution in [0.25, 0.3) is 0 Å². The molecule has 2 aromatic rings. The van der Waals surface area contributed by atoms with Crippen LogP contribution in [0.1, 0.15) is 17.5 Å². The number of sulfonamides is 1. The second-order valence-electron chi connectivity index (χ2n) is 6.54. The number of rotatable bonds is 7. The summed E-state index contributed by atoms with van der Waals surface area (Å²) < 4.78 is 49.4. The molecule has 0 aliphatic heterocycles. The van der Waals surface area contributed by atoms with Crippen molar-refractivity contribution in [3.63, 3.8) is 0 Å². The van der Waals surface area contributed by atoms with Crippen LogP contribution in [0.2, 0.25) is 0 Å². The first kappa shape index (κ1) is 24.0. The number of benzene rings is 2. The lowest BCUT2D eigenvalue weighted by atomic mass is 10.2. The van der Waals surface area contributed by atoms with Crippen LogP contribution < -0.4 is 9.62 Å². The summed E-state index contributed by atoms with van der Waals surface area (Å²) in [6.45, 7) is 4.30. The minimum Gasteiger partial charge on any atom is -0.392 e. The number of nitrogens with one attached hydrogen (secondary N) is 1. The fourth-order valence-corrected chi connectivity index (χ4v) is 3.51. The molecule has 0 saturated carbocycles. The highest BCUT2D eigenvalue weighted by Crippen LogP contribution is 2.22. The van der Waals surface area contributed by atoms with Crippen LogP contribution in [0.15, 0.2) is 42.5 Å². The highest BCUT2D eigenvalue weighted by molar-refractivity contribution is 7.92. The van der Waals surface area contributed by atoms with Crippen molar-refractivity contribution in [2.45, 2.75) is 26.4 Å². The lowest BCUT2D eigenvalue weighted by Crippen LogP contribution is -2.35. The van der Waals surface area contributed by atoms with E-state index in [4.69, 9.17) is 0 Å². The predicted octanol–water partition coefficient (Wildman–Crippen LogP) is 3.00. The molecule has 0 spiro atoms. The number of halogens is 2. The summed E-state index contributed by atoms with van der Waals surface area (Å²) in [5, 5.41) is 12.6. The summed E-state index contributed by atoms with van der Waals surface area (Å²) in [6.07, 6.45) is 1.02. The van der Waals surface area contributed by atoms with E-state index in [9.17, 15) is 22.3 Å².